The van der Waals surface area contributed by atoms with Crippen molar-refractivity contribution in [2.45, 2.75) is 138 Å². The van der Waals surface area contributed by atoms with Gasteiger partial charge in [0.25, 0.3) is 0 Å². The van der Waals surface area contributed by atoms with Crippen LogP contribution in [-0.4, -0.2) is 0 Å². The molecule has 1 aromatic carbocycles. The first-order valence-electron chi connectivity index (χ1n) is 13.8. The van der Waals surface area contributed by atoms with Crippen LogP contribution in [0.2, 0.25) is 0 Å². The third kappa shape index (κ3) is 45.6. The first-order chi connectivity index (χ1) is 16.3. The maximum absolute atomic E-state index is 3.64. The molecule has 216 valence electrons. The molecule has 0 aromatic heterocycles. The fraction of sp³-hybridized carbons (Fsp3) is 0.611. The lowest BCUT2D eigenvalue weighted by Gasteiger charge is -2.25. The van der Waals surface area contributed by atoms with E-state index in [0.29, 0.717) is 5.41 Å². The molecule has 1 aromatic rings. The molecule has 0 amide bonds. The Morgan fingerprint density at radius 1 is 0.833 bits per heavy atom. The minimum absolute atomic E-state index is 0. The van der Waals surface area contributed by atoms with E-state index >= 15 is 0 Å². The molecule has 1 rings (SSSR count). The smallest absolute Gasteiger partial charge is 0.0357 e. The van der Waals surface area contributed by atoms with E-state index in [1.165, 1.54) is 34.3 Å². The molecule has 36 heavy (non-hydrogen) atoms. The van der Waals surface area contributed by atoms with Gasteiger partial charge in [-0.25, -0.2) is 0 Å². The summed E-state index contributed by atoms with van der Waals surface area (Å²) in [7, 11) is 0. The van der Waals surface area contributed by atoms with Crippen molar-refractivity contribution in [2.75, 3.05) is 0 Å². The molecule has 1 unspecified atom stereocenters. The summed E-state index contributed by atoms with van der Waals surface area (Å²) in [5, 5.41) is 0. The van der Waals surface area contributed by atoms with E-state index in [4.69, 9.17) is 0 Å². The Morgan fingerprint density at radius 3 is 1.42 bits per heavy atom. The van der Waals surface area contributed by atoms with Gasteiger partial charge in [-0.05, 0) is 70.9 Å². The summed E-state index contributed by atoms with van der Waals surface area (Å²) in [4.78, 5) is 0. The summed E-state index contributed by atoms with van der Waals surface area (Å²) in [6.45, 7) is 44.9. The van der Waals surface area contributed by atoms with E-state index in [1.807, 2.05) is 61.5 Å². The molecule has 0 aliphatic rings. The standard InChI is InChI=1S/C9H12.C9H14.C8H18.C3H6.3C2H6.CH4/c1-7-4-5-8(2)9(3)6-7;1-5-9(4)7-6-8(2)3;1-6-7(2)8(3,4)5;1-3-2;3*1-2;/h4-6H,1-3H3;5-7H,1H2,2-4H3;7H,6H2,1-5H3;3H,1H2,2H3;3*1-2H3;1H4/b;9-7-;;;;;;. The molecule has 0 heterocycles. The largest absolute Gasteiger partial charge is 0.103 e. The van der Waals surface area contributed by atoms with Crippen LogP contribution in [0.3, 0.4) is 0 Å². The third-order valence-corrected chi connectivity index (χ3v) is 4.75. The lowest BCUT2D eigenvalue weighted by molar-refractivity contribution is 0.254. The molecule has 0 fully saturated rings. The van der Waals surface area contributed by atoms with Crippen molar-refractivity contribution in [3.8, 4) is 0 Å². The third-order valence-electron chi connectivity index (χ3n) is 4.75. The van der Waals surface area contributed by atoms with Gasteiger partial charge < -0.3 is 0 Å². The number of aryl methyl sites for hydroxylation is 3. The van der Waals surface area contributed by atoms with Crippen LogP contribution in [0.4, 0.5) is 0 Å². The number of allylic oxidation sites excluding steroid dienone is 6. The quantitative estimate of drug-likeness (QED) is 0.283. The van der Waals surface area contributed by atoms with Crippen molar-refractivity contribution in [3.63, 3.8) is 0 Å². The Bertz CT molecular complexity index is 614. The number of hydrogen-bond acceptors (Lipinski definition) is 0. The lowest BCUT2D eigenvalue weighted by Crippen LogP contribution is -2.15. The molecule has 0 bridgehead atoms. The van der Waals surface area contributed by atoms with Gasteiger partial charge >= 0.3 is 0 Å². The first-order valence-corrected chi connectivity index (χ1v) is 13.8. The van der Waals surface area contributed by atoms with E-state index in [2.05, 4.69) is 113 Å². The maximum Gasteiger partial charge on any atom is -0.0357 e. The Hall–Kier alpha value is -1.82. The normalized spacial score (nSPS) is 9.56. The predicted octanol–water partition coefficient (Wildman–Crippen LogP) is 13.7. The van der Waals surface area contributed by atoms with Crippen molar-refractivity contribution in [1.29, 1.82) is 0 Å². The van der Waals surface area contributed by atoms with Gasteiger partial charge in [0.2, 0.25) is 0 Å². The molecule has 0 aliphatic carbocycles. The molecule has 0 nitrogen and oxygen atoms in total. The lowest BCUT2D eigenvalue weighted by atomic mass is 9.81. The summed E-state index contributed by atoms with van der Waals surface area (Å²) in [6, 6.07) is 6.50. The monoisotopic (exact) mass is 505 g/mol. The van der Waals surface area contributed by atoms with Crippen LogP contribution in [0.25, 0.3) is 0 Å². The van der Waals surface area contributed by atoms with Crippen molar-refractivity contribution in [1.82, 2.24) is 0 Å². The topological polar surface area (TPSA) is 0 Å². The molecule has 0 saturated carbocycles. The zero-order valence-corrected chi connectivity index (χ0v) is 27.7. The van der Waals surface area contributed by atoms with Gasteiger partial charge in [0.1, 0.15) is 0 Å². The molecule has 0 saturated heterocycles. The summed E-state index contributed by atoms with van der Waals surface area (Å²) in [5.41, 5.74) is 7.13. The van der Waals surface area contributed by atoms with E-state index in [9.17, 15) is 0 Å². The molecule has 0 radical (unpaired) electrons. The predicted molar refractivity (Wildman–Crippen MR) is 180 cm³/mol. The Balaban J connectivity index is -0.0000000597. The van der Waals surface area contributed by atoms with Crippen LogP contribution in [0.1, 0.15) is 134 Å². The summed E-state index contributed by atoms with van der Waals surface area (Å²) >= 11 is 0. The van der Waals surface area contributed by atoms with Gasteiger partial charge in [-0.15, -0.1) is 6.58 Å². The minimum Gasteiger partial charge on any atom is -0.103 e. The number of benzene rings is 1. The van der Waals surface area contributed by atoms with Gasteiger partial charge in [-0.1, -0.05) is 156 Å². The maximum atomic E-state index is 3.64. The zero-order valence-electron chi connectivity index (χ0n) is 27.7. The van der Waals surface area contributed by atoms with Crippen LogP contribution in [-0.2, 0) is 0 Å². The summed E-state index contributed by atoms with van der Waals surface area (Å²) < 4.78 is 0. The second-order valence-corrected chi connectivity index (χ2v) is 9.03. The van der Waals surface area contributed by atoms with Crippen molar-refractivity contribution >= 4 is 0 Å². The molecule has 0 spiro atoms. The van der Waals surface area contributed by atoms with Gasteiger partial charge in [0, 0.05) is 0 Å². The zero-order chi connectivity index (χ0) is 29.6. The molecule has 0 heteroatoms. The van der Waals surface area contributed by atoms with Gasteiger partial charge in [0.05, 0.1) is 0 Å². The fourth-order valence-electron chi connectivity index (χ4n) is 1.87. The van der Waals surface area contributed by atoms with Gasteiger partial charge in [0.15, 0.2) is 0 Å². The molecule has 0 aliphatic heterocycles. The summed E-state index contributed by atoms with van der Waals surface area (Å²) in [6.07, 6.45) is 9.03. The highest BCUT2D eigenvalue weighted by atomic mass is 14.2. The molecule has 0 N–H and O–H groups in total. The average molecular weight is 505 g/mol. The first kappa shape index (κ1) is 50.9. The number of rotatable bonds is 3. The van der Waals surface area contributed by atoms with Crippen molar-refractivity contribution in [3.05, 3.63) is 83.5 Å². The van der Waals surface area contributed by atoms with Crippen molar-refractivity contribution < 1.29 is 0 Å². The van der Waals surface area contributed by atoms with Crippen molar-refractivity contribution in [2.24, 2.45) is 11.3 Å². The van der Waals surface area contributed by atoms with Crippen LogP contribution >= 0.6 is 0 Å². The minimum atomic E-state index is 0. The van der Waals surface area contributed by atoms with Crippen LogP contribution in [0.15, 0.2) is 66.8 Å². The van der Waals surface area contributed by atoms with Crippen LogP contribution in [0.5, 0.6) is 0 Å². The van der Waals surface area contributed by atoms with E-state index in [-0.39, 0.29) is 7.43 Å². The van der Waals surface area contributed by atoms with Crippen LogP contribution < -0.4 is 0 Å². The Labute approximate surface area is 233 Å². The fourth-order valence-corrected chi connectivity index (χ4v) is 1.87. The van der Waals surface area contributed by atoms with Gasteiger partial charge in [-0.3, -0.25) is 0 Å². The van der Waals surface area contributed by atoms with E-state index in [0.717, 1.165) is 5.92 Å². The van der Waals surface area contributed by atoms with E-state index < -0.39 is 0 Å². The Kier molecular flexibility index (Phi) is 53.4. The molecule has 1 atom stereocenters. The second-order valence-electron chi connectivity index (χ2n) is 9.03. The highest BCUT2D eigenvalue weighted by Crippen LogP contribution is 2.27. The second kappa shape index (κ2) is 37.7. The van der Waals surface area contributed by atoms with E-state index in [1.54, 1.807) is 6.08 Å². The van der Waals surface area contributed by atoms with Gasteiger partial charge in [-0.2, -0.15) is 0 Å². The highest BCUT2D eigenvalue weighted by Gasteiger charge is 2.16. The van der Waals surface area contributed by atoms with Crippen LogP contribution in [0, 0.1) is 32.1 Å². The SMILES string of the molecule is C.C=C/C(C)=C\C=C(C)C.C=CC.CC.CC.CC.CCC(C)C(C)(C)C.Cc1ccc(C)c(C)c1. The Morgan fingerprint density at radius 2 is 1.22 bits per heavy atom. The average Bonchev–Trinajstić information content (AvgIpc) is 2.84. The molecular weight excluding hydrogens is 432 g/mol. The summed E-state index contributed by atoms with van der Waals surface area (Å²) in [5.74, 6) is 0.850. The highest BCUT2D eigenvalue weighted by molar-refractivity contribution is 5.28. The molecular formula is C36H72. The number of hydrogen-bond donors (Lipinski definition) is 0.